The Hall–Kier alpha value is -5.49. The van der Waals surface area contributed by atoms with Crippen molar-refractivity contribution in [3.8, 4) is 0 Å². The van der Waals surface area contributed by atoms with Gasteiger partial charge in [-0.25, -0.2) is 0 Å². The summed E-state index contributed by atoms with van der Waals surface area (Å²) in [5.41, 5.74) is 0. The molecule has 0 aromatic rings. The molecule has 0 radical (unpaired) electrons. The standard InChI is InChI=1S/C61H88O6/c1-4-7-10-13-16-19-22-25-27-29-30-32-33-36-39-42-45-48-51-54-60(63)66-57-58(56-65-59(62)53-50-47-44-41-38-35-24-21-18-15-12-9-6-3)67-61(64)55-52-49-46-43-40-37-34-31-28-26-23-20-17-14-11-8-5-2/h7,9-10,12-13,15-16,18-19,21-22,24-30,32-39,41,43-44,46,58H,4-6,8,11,14,17,20,23,31,40,42,45,47-57H2,1-3H3/b10-7+,12-9+,16-13+,18-15+,22-19+,24-21+,27-25+,28-26+,30-29+,33-32+,37-34+,38-35+,39-36+,44-41+,46-43+. The van der Waals surface area contributed by atoms with Crippen LogP contribution in [0, 0.1) is 0 Å². The van der Waals surface area contributed by atoms with Crippen LogP contribution < -0.4 is 0 Å². The number of carbonyl (C=O) groups excluding carboxylic acids is 3. The van der Waals surface area contributed by atoms with Crippen molar-refractivity contribution >= 4 is 17.9 Å². The number of allylic oxidation sites excluding steroid dienone is 30. The molecule has 6 heteroatoms. The molecule has 0 aliphatic carbocycles. The van der Waals surface area contributed by atoms with Gasteiger partial charge in [-0.3, -0.25) is 14.4 Å². The number of carbonyl (C=O) groups is 3. The number of hydrogen-bond donors (Lipinski definition) is 0. The molecule has 6 nitrogen and oxygen atoms in total. The molecule has 0 spiro atoms. The fourth-order valence-corrected chi connectivity index (χ4v) is 5.94. The zero-order valence-electron chi connectivity index (χ0n) is 41.8. The monoisotopic (exact) mass is 917 g/mol. The minimum atomic E-state index is -0.863. The van der Waals surface area contributed by atoms with Crippen molar-refractivity contribution in [3.63, 3.8) is 0 Å². The first-order chi connectivity index (χ1) is 33.0. The second-order valence-corrected chi connectivity index (χ2v) is 15.9. The molecule has 67 heavy (non-hydrogen) atoms. The molecule has 0 aliphatic heterocycles. The summed E-state index contributed by atoms with van der Waals surface area (Å²) in [6.07, 6.45) is 80.3. The first kappa shape index (κ1) is 61.5. The molecule has 0 aromatic heterocycles. The normalized spacial score (nSPS) is 13.7. The van der Waals surface area contributed by atoms with Gasteiger partial charge in [0.15, 0.2) is 6.10 Å². The van der Waals surface area contributed by atoms with E-state index in [-0.39, 0.29) is 44.4 Å². The van der Waals surface area contributed by atoms with Crippen molar-refractivity contribution in [1.82, 2.24) is 0 Å². The predicted octanol–water partition coefficient (Wildman–Crippen LogP) is 17.0. The van der Waals surface area contributed by atoms with Gasteiger partial charge in [0.2, 0.25) is 0 Å². The molecule has 1 atom stereocenters. The van der Waals surface area contributed by atoms with Crippen LogP contribution in [0.2, 0.25) is 0 Å². The average molecular weight is 917 g/mol. The van der Waals surface area contributed by atoms with Crippen LogP contribution in [0.25, 0.3) is 0 Å². The highest BCUT2D eigenvalue weighted by Gasteiger charge is 2.19. The Bertz CT molecular complexity index is 1670. The highest BCUT2D eigenvalue weighted by molar-refractivity contribution is 5.71. The molecular formula is C61H88O6. The topological polar surface area (TPSA) is 78.9 Å². The molecule has 0 fully saturated rings. The van der Waals surface area contributed by atoms with Crippen LogP contribution in [0.5, 0.6) is 0 Å². The maximum atomic E-state index is 12.8. The number of rotatable bonds is 42. The highest BCUT2D eigenvalue weighted by atomic mass is 16.6. The summed E-state index contributed by atoms with van der Waals surface area (Å²) in [5, 5.41) is 0. The Balaban J connectivity index is 4.71. The first-order valence-corrected chi connectivity index (χ1v) is 25.5. The van der Waals surface area contributed by atoms with Gasteiger partial charge in [-0.15, -0.1) is 0 Å². The number of esters is 3. The number of unbranched alkanes of at least 4 members (excludes halogenated alkanes) is 11. The van der Waals surface area contributed by atoms with Crippen LogP contribution in [0.3, 0.4) is 0 Å². The Morgan fingerprint density at radius 3 is 1.12 bits per heavy atom. The largest absolute Gasteiger partial charge is 0.462 e. The zero-order valence-corrected chi connectivity index (χ0v) is 41.8. The molecule has 0 saturated carbocycles. The van der Waals surface area contributed by atoms with Crippen LogP contribution in [0.1, 0.15) is 162 Å². The summed E-state index contributed by atoms with van der Waals surface area (Å²) in [5.74, 6) is -1.14. The average Bonchev–Trinajstić information content (AvgIpc) is 3.33. The van der Waals surface area contributed by atoms with E-state index in [4.69, 9.17) is 14.2 Å². The van der Waals surface area contributed by atoms with E-state index in [9.17, 15) is 14.4 Å². The lowest BCUT2D eigenvalue weighted by molar-refractivity contribution is -0.167. The Morgan fingerprint density at radius 2 is 0.657 bits per heavy atom. The minimum absolute atomic E-state index is 0.155. The molecule has 0 aliphatic rings. The Morgan fingerprint density at radius 1 is 0.328 bits per heavy atom. The predicted molar refractivity (Wildman–Crippen MR) is 287 cm³/mol. The highest BCUT2D eigenvalue weighted by Crippen LogP contribution is 2.10. The second-order valence-electron chi connectivity index (χ2n) is 15.9. The van der Waals surface area contributed by atoms with Gasteiger partial charge in [0.1, 0.15) is 13.2 Å². The SMILES string of the molecule is CC/C=C/C=C/C=C/C=C/C=C/C=C/C=C/CCCCCC(=O)OCC(COC(=O)CCC/C=C/C=C/C=C/C=C/C=C/CC)OC(=O)CCC/C=C/C/C=C/C/C=C/CCCCCCCC. The van der Waals surface area contributed by atoms with Crippen LogP contribution in [0.4, 0.5) is 0 Å². The smallest absolute Gasteiger partial charge is 0.306 e. The van der Waals surface area contributed by atoms with Crippen LogP contribution in [0.15, 0.2) is 182 Å². The van der Waals surface area contributed by atoms with E-state index >= 15 is 0 Å². The lowest BCUT2D eigenvalue weighted by Crippen LogP contribution is -2.30. The summed E-state index contributed by atoms with van der Waals surface area (Å²) < 4.78 is 16.6. The van der Waals surface area contributed by atoms with Gasteiger partial charge in [-0.2, -0.15) is 0 Å². The van der Waals surface area contributed by atoms with Crippen molar-refractivity contribution in [2.24, 2.45) is 0 Å². The molecule has 0 N–H and O–H groups in total. The van der Waals surface area contributed by atoms with E-state index in [1.54, 1.807) is 0 Å². The molecule has 368 valence electrons. The number of ether oxygens (including phenoxy) is 3. The molecular weight excluding hydrogens is 829 g/mol. The minimum Gasteiger partial charge on any atom is -0.462 e. The van der Waals surface area contributed by atoms with E-state index < -0.39 is 12.1 Å². The molecule has 0 amide bonds. The summed E-state index contributed by atoms with van der Waals surface area (Å²) in [7, 11) is 0. The summed E-state index contributed by atoms with van der Waals surface area (Å²) >= 11 is 0. The van der Waals surface area contributed by atoms with E-state index in [1.165, 1.54) is 38.5 Å². The molecule has 0 saturated heterocycles. The van der Waals surface area contributed by atoms with Gasteiger partial charge < -0.3 is 14.2 Å². The number of hydrogen-bond acceptors (Lipinski definition) is 6. The van der Waals surface area contributed by atoms with Gasteiger partial charge >= 0.3 is 17.9 Å². The molecule has 0 bridgehead atoms. The van der Waals surface area contributed by atoms with Crippen molar-refractivity contribution in [3.05, 3.63) is 182 Å². The van der Waals surface area contributed by atoms with Gasteiger partial charge in [0.25, 0.3) is 0 Å². The van der Waals surface area contributed by atoms with Crippen LogP contribution >= 0.6 is 0 Å². The van der Waals surface area contributed by atoms with Crippen LogP contribution in [-0.2, 0) is 28.6 Å². The van der Waals surface area contributed by atoms with E-state index in [1.807, 2.05) is 128 Å². The van der Waals surface area contributed by atoms with Crippen molar-refractivity contribution < 1.29 is 28.6 Å². The fourth-order valence-electron chi connectivity index (χ4n) is 5.94. The van der Waals surface area contributed by atoms with Gasteiger partial charge in [-0.1, -0.05) is 242 Å². The quantitative estimate of drug-likeness (QED) is 0.0200. The molecule has 0 heterocycles. The van der Waals surface area contributed by atoms with Gasteiger partial charge in [0.05, 0.1) is 0 Å². The van der Waals surface area contributed by atoms with Crippen molar-refractivity contribution in [2.45, 2.75) is 168 Å². The van der Waals surface area contributed by atoms with E-state index in [2.05, 4.69) is 75.5 Å². The van der Waals surface area contributed by atoms with Gasteiger partial charge in [-0.05, 0) is 83.5 Å². The second kappa shape index (κ2) is 53.1. The third-order valence-corrected chi connectivity index (χ3v) is 9.70. The molecule has 0 rings (SSSR count). The third-order valence-electron chi connectivity index (χ3n) is 9.70. The van der Waals surface area contributed by atoms with Crippen molar-refractivity contribution in [2.75, 3.05) is 13.2 Å². The third kappa shape index (κ3) is 51.4. The fraction of sp³-hybridized carbons (Fsp3) is 0.459. The van der Waals surface area contributed by atoms with E-state index in [0.717, 1.165) is 64.2 Å². The Labute approximate surface area is 408 Å². The summed E-state index contributed by atoms with van der Waals surface area (Å²) in [6, 6.07) is 0. The van der Waals surface area contributed by atoms with Gasteiger partial charge in [0, 0.05) is 19.3 Å². The first-order valence-electron chi connectivity index (χ1n) is 25.5. The van der Waals surface area contributed by atoms with Crippen LogP contribution in [-0.4, -0.2) is 37.2 Å². The molecule has 1 unspecified atom stereocenters. The maximum Gasteiger partial charge on any atom is 0.306 e. The lowest BCUT2D eigenvalue weighted by Gasteiger charge is -2.18. The molecule has 0 aromatic carbocycles. The van der Waals surface area contributed by atoms with Crippen molar-refractivity contribution in [1.29, 1.82) is 0 Å². The van der Waals surface area contributed by atoms with E-state index in [0.29, 0.717) is 19.3 Å². The summed E-state index contributed by atoms with van der Waals surface area (Å²) in [4.78, 5) is 37.9. The zero-order chi connectivity index (χ0) is 48.6. The lowest BCUT2D eigenvalue weighted by atomic mass is 10.1. The maximum absolute atomic E-state index is 12.8. The Kier molecular flexibility index (Phi) is 48.8. The summed E-state index contributed by atoms with van der Waals surface area (Å²) in [6.45, 7) is 6.15.